The van der Waals surface area contributed by atoms with Gasteiger partial charge in [0.2, 0.25) is 0 Å². The summed E-state index contributed by atoms with van der Waals surface area (Å²) in [7, 11) is 0. The van der Waals surface area contributed by atoms with Crippen molar-refractivity contribution in [3.63, 3.8) is 0 Å². The van der Waals surface area contributed by atoms with Gasteiger partial charge in [-0.1, -0.05) is 47.8 Å². The molecule has 1 nitrogen and oxygen atoms in total. The van der Waals surface area contributed by atoms with Crippen LogP contribution in [0.5, 0.6) is 0 Å². The summed E-state index contributed by atoms with van der Waals surface area (Å²) in [6.45, 7) is 2.19. The van der Waals surface area contributed by atoms with Gasteiger partial charge < -0.3 is 5.73 Å². The Labute approximate surface area is 101 Å². The molecule has 1 rings (SSSR count). The second-order valence-corrected chi connectivity index (χ2v) is 4.22. The summed E-state index contributed by atoms with van der Waals surface area (Å²) in [5, 5.41) is 0. The maximum atomic E-state index is 6.03. The van der Waals surface area contributed by atoms with Gasteiger partial charge in [-0.2, -0.15) is 0 Å². The molecule has 0 aromatic heterocycles. The van der Waals surface area contributed by atoms with Crippen LogP contribution in [0.3, 0.4) is 0 Å². The Hall–Kier alpha value is -0.0500. The molecule has 1 atom stereocenters. The van der Waals surface area contributed by atoms with E-state index in [1.807, 2.05) is 12.1 Å². The van der Waals surface area contributed by atoms with Crippen LogP contribution in [-0.2, 0) is 0 Å². The molecule has 3 heteroatoms. The molecular weight excluding hydrogens is 261 g/mol. The zero-order valence-corrected chi connectivity index (χ0v) is 10.8. The van der Waals surface area contributed by atoms with Gasteiger partial charge in [-0.05, 0) is 24.1 Å². The lowest BCUT2D eigenvalue weighted by molar-refractivity contribution is 0.603. The number of rotatable bonds is 4. The molecule has 0 fully saturated rings. The van der Waals surface area contributed by atoms with Gasteiger partial charge in [0, 0.05) is 10.5 Å². The van der Waals surface area contributed by atoms with Crippen LogP contribution in [0.2, 0.25) is 0 Å². The van der Waals surface area contributed by atoms with E-state index in [2.05, 4.69) is 35.0 Å². The SMILES string of the molecule is CCCC[C@H](N)c1cccc(Br)c1.Cl. The molecule has 0 aliphatic rings. The number of unbranched alkanes of at least 4 members (excludes halogenated alkanes) is 1. The normalized spacial score (nSPS) is 11.9. The Morgan fingerprint density at radius 2 is 2.14 bits per heavy atom. The van der Waals surface area contributed by atoms with Gasteiger partial charge in [-0.25, -0.2) is 0 Å². The molecule has 0 radical (unpaired) electrons. The molecule has 0 aliphatic heterocycles. The Morgan fingerprint density at radius 3 is 2.71 bits per heavy atom. The molecule has 80 valence electrons. The van der Waals surface area contributed by atoms with E-state index in [-0.39, 0.29) is 18.4 Å². The monoisotopic (exact) mass is 277 g/mol. The van der Waals surface area contributed by atoms with E-state index < -0.39 is 0 Å². The smallest absolute Gasteiger partial charge is 0.0295 e. The van der Waals surface area contributed by atoms with E-state index in [4.69, 9.17) is 5.73 Å². The lowest BCUT2D eigenvalue weighted by Crippen LogP contribution is -2.09. The van der Waals surface area contributed by atoms with E-state index in [0.717, 1.165) is 10.9 Å². The highest BCUT2D eigenvalue weighted by molar-refractivity contribution is 9.10. The Bertz CT molecular complexity index is 265. The minimum absolute atomic E-state index is 0. The third kappa shape index (κ3) is 4.45. The van der Waals surface area contributed by atoms with Gasteiger partial charge in [-0.15, -0.1) is 12.4 Å². The summed E-state index contributed by atoms with van der Waals surface area (Å²) < 4.78 is 1.11. The van der Waals surface area contributed by atoms with E-state index >= 15 is 0 Å². The molecule has 2 N–H and O–H groups in total. The van der Waals surface area contributed by atoms with Gasteiger partial charge in [0.1, 0.15) is 0 Å². The molecule has 0 bridgehead atoms. The number of hydrogen-bond donors (Lipinski definition) is 1. The summed E-state index contributed by atoms with van der Waals surface area (Å²) in [5.41, 5.74) is 7.25. The lowest BCUT2D eigenvalue weighted by Gasteiger charge is -2.11. The van der Waals surface area contributed by atoms with Crippen molar-refractivity contribution < 1.29 is 0 Å². The zero-order chi connectivity index (χ0) is 9.68. The second-order valence-electron chi connectivity index (χ2n) is 3.30. The van der Waals surface area contributed by atoms with Gasteiger partial charge in [0.25, 0.3) is 0 Å². The van der Waals surface area contributed by atoms with Crippen LogP contribution in [0.15, 0.2) is 28.7 Å². The highest BCUT2D eigenvalue weighted by Crippen LogP contribution is 2.20. The van der Waals surface area contributed by atoms with Crippen LogP contribution in [0.4, 0.5) is 0 Å². The fourth-order valence-electron chi connectivity index (χ4n) is 1.33. The van der Waals surface area contributed by atoms with Gasteiger partial charge in [0.05, 0.1) is 0 Å². The molecule has 0 spiro atoms. The molecule has 14 heavy (non-hydrogen) atoms. The fourth-order valence-corrected chi connectivity index (χ4v) is 1.74. The molecule has 1 aromatic carbocycles. The van der Waals surface area contributed by atoms with Crippen LogP contribution < -0.4 is 5.73 Å². The summed E-state index contributed by atoms with van der Waals surface area (Å²) >= 11 is 3.44. The first-order valence-corrected chi connectivity index (χ1v) is 5.54. The van der Waals surface area contributed by atoms with E-state index in [1.54, 1.807) is 0 Å². The maximum Gasteiger partial charge on any atom is 0.0295 e. The molecule has 0 heterocycles. The molecule has 0 unspecified atom stereocenters. The van der Waals surface area contributed by atoms with Crippen LogP contribution in [-0.4, -0.2) is 0 Å². The Kier molecular flexibility index (Phi) is 7.24. The van der Waals surface area contributed by atoms with Crippen molar-refractivity contribution in [3.05, 3.63) is 34.3 Å². The van der Waals surface area contributed by atoms with Crippen molar-refractivity contribution in [2.75, 3.05) is 0 Å². The minimum Gasteiger partial charge on any atom is -0.324 e. The van der Waals surface area contributed by atoms with Crippen molar-refractivity contribution in [1.82, 2.24) is 0 Å². The zero-order valence-electron chi connectivity index (χ0n) is 8.37. The first kappa shape index (κ1) is 13.9. The van der Waals surface area contributed by atoms with Crippen LogP contribution >= 0.6 is 28.3 Å². The topological polar surface area (TPSA) is 26.0 Å². The average Bonchev–Trinajstić information content (AvgIpc) is 2.14. The van der Waals surface area contributed by atoms with Crippen LogP contribution in [0.1, 0.15) is 37.8 Å². The fraction of sp³-hybridized carbons (Fsp3) is 0.455. The van der Waals surface area contributed by atoms with Crippen molar-refractivity contribution in [2.24, 2.45) is 5.73 Å². The maximum absolute atomic E-state index is 6.03. The van der Waals surface area contributed by atoms with E-state index in [1.165, 1.54) is 18.4 Å². The molecule has 0 amide bonds. The average molecular weight is 279 g/mol. The predicted octanol–water partition coefficient (Wildman–Crippen LogP) is 4.06. The van der Waals surface area contributed by atoms with Crippen molar-refractivity contribution >= 4 is 28.3 Å². The minimum atomic E-state index is 0. The standard InChI is InChI=1S/C11H16BrN.ClH/c1-2-3-7-11(13)9-5-4-6-10(12)8-9;/h4-6,8,11H,2-3,7,13H2,1H3;1H/t11-;/m0./s1. The number of hydrogen-bond acceptors (Lipinski definition) is 1. The van der Waals surface area contributed by atoms with Gasteiger partial charge in [0.15, 0.2) is 0 Å². The first-order chi connectivity index (χ1) is 6.24. The van der Waals surface area contributed by atoms with Gasteiger partial charge >= 0.3 is 0 Å². The highest BCUT2D eigenvalue weighted by atomic mass is 79.9. The van der Waals surface area contributed by atoms with Gasteiger partial charge in [-0.3, -0.25) is 0 Å². The lowest BCUT2D eigenvalue weighted by atomic mass is 10.0. The molecule has 0 saturated heterocycles. The Balaban J connectivity index is 0.00000169. The Morgan fingerprint density at radius 1 is 1.43 bits per heavy atom. The summed E-state index contributed by atoms with van der Waals surface area (Å²) in [6.07, 6.45) is 3.49. The summed E-state index contributed by atoms with van der Waals surface area (Å²) in [6, 6.07) is 8.43. The number of benzene rings is 1. The van der Waals surface area contributed by atoms with Crippen LogP contribution in [0, 0.1) is 0 Å². The quantitative estimate of drug-likeness (QED) is 0.883. The second kappa shape index (κ2) is 7.27. The first-order valence-electron chi connectivity index (χ1n) is 4.75. The predicted molar refractivity (Wildman–Crippen MR) is 67.8 cm³/mol. The van der Waals surface area contributed by atoms with Crippen molar-refractivity contribution in [3.8, 4) is 0 Å². The van der Waals surface area contributed by atoms with E-state index in [0.29, 0.717) is 0 Å². The number of nitrogens with two attached hydrogens (primary N) is 1. The largest absolute Gasteiger partial charge is 0.324 e. The number of halogens is 2. The highest BCUT2D eigenvalue weighted by Gasteiger charge is 2.04. The van der Waals surface area contributed by atoms with Crippen molar-refractivity contribution in [2.45, 2.75) is 32.2 Å². The molecule has 0 saturated carbocycles. The molecular formula is C11H17BrClN. The molecule has 0 aliphatic carbocycles. The molecule has 1 aromatic rings. The third-order valence-electron chi connectivity index (χ3n) is 2.15. The third-order valence-corrected chi connectivity index (χ3v) is 2.64. The summed E-state index contributed by atoms with van der Waals surface area (Å²) in [4.78, 5) is 0. The van der Waals surface area contributed by atoms with Crippen LogP contribution in [0.25, 0.3) is 0 Å². The summed E-state index contributed by atoms with van der Waals surface area (Å²) in [5.74, 6) is 0. The van der Waals surface area contributed by atoms with Crippen molar-refractivity contribution in [1.29, 1.82) is 0 Å². The van der Waals surface area contributed by atoms with E-state index in [9.17, 15) is 0 Å².